The van der Waals surface area contributed by atoms with Crippen molar-refractivity contribution in [3.63, 3.8) is 0 Å². The lowest BCUT2D eigenvalue weighted by Gasteiger charge is -2.35. The van der Waals surface area contributed by atoms with Crippen molar-refractivity contribution in [1.29, 1.82) is 0 Å². The molecule has 1 amide bonds. The van der Waals surface area contributed by atoms with Gasteiger partial charge in [-0.3, -0.25) is 9.20 Å². The number of likely N-dealkylation sites (N-methyl/N-ethyl adjacent to an activating group) is 1. The molecule has 0 radical (unpaired) electrons. The Balaban J connectivity index is 1.38. The highest BCUT2D eigenvalue weighted by Gasteiger charge is 2.22. The molecular weight excluding hydrogens is 601 g/mol. The third kappa shape index (κ3) is 5.47. The van der Waals surface area contributed by atoms with E-state index >= 15 is 0 Å². The summed E-state index contributed by atoms with van der Waals surface area (Å²) in [6.45, 7) is 10.6. The van der Waals surface area contributed by atoms with E-state index in [2.05, 4.69) is 43.9 Å². The number of hydrogen-bond acceptors (Lipinski definition) is 8. The average Bonchev–Trinajstić information content (AvgIpc) is 3.54. The molecule has 226 valence electrons. The summed E-state index contributed by atoms with van der Waals surface area (Å²) in [6.07, 6.45) is 6.48. The smallest absolute Gasteiger partial charge is 0.247 e. The van der Waals surface area contributed by atoms with Gasteiger partial charge in [0, 0.05) is 79.1 Å². The number of nitrogens with one attached hydrogen (secondary N) is 2. The molecule has 0 bridgehead atoms. The fraction of sp³-hybridized carbons (Fsp3) is 0.219. The summed E-state index contributed by atoms with van der Waals surface area (Å²) in [4.78, 5) is 26.3. The first-order chi connectivity index (χ1) is 21.3. The summed E-state index contributed by atoms with van der Waals surface area (Å²) >= 11 is 13.2. The van der Waals surface area contributed by atoms with Crippen LogP contribution in [-0.4, -0.2) is 70.1 Å². The van der Waals surface area contributed by atoms with Gasteiger partial charge in [0.05, 0.1) is 34.0 Å². The second-order valence-electron chi connectivity index (χ2n) is 10.4. The lowest BCUT2D eigenvalue weighted by Crippen LogP contribution is -2.46. The number of carbonyl (C=O) groups is 1. The van der Waals surface area contributed by atoms with Crippen LogP contribution in [0.3, 0.4) is 0 Å². The minimum Gasteiger partial charge on any atom is -0.506 e. The van der Waals surface area contributed by atoms with Crippen molar-refractivity contribution in [2.45, 2.75) is 6.92 Å². The third-order valence-electron chi connectivity index (χ3n) is 7.88. The van der Waals surface area contributed by atoms with Crippen LogP contribution in [0.25, 0.3) is 27.7 Å². The molecule has 0 unspecified atom stereocenters. The molecule has 4 heterocycles. The maximum absolute atomic E-state index is 12.4. The number of aromatic hydroxyl groups is 1. The molecule has 1 aliphatic heterocycles. The average molecular weight is 633 g/mol. The molecule has 10 nitrogen and oxygen atoms in total. The molecular formula is C32H31Cl2N7O3. The fourth-order valence-electron chi connectivity index (χ4n) is 5.51. The van der Waals surface area contributed by atoms with Gasteiger partial charge in [0.1, 0.15) is 23.0 Å². The Bertz CT molecular complexity index is 1900. The van der Waals surface area contributed by atoms with Gasteiger partial charge in [-0.25, -0.2) is 9.97 Å². The van der Waals surface area contributed by atoms with Crippen LogP contribution in [0.15, 0.2) is 67.6 Å². The summed E-state index contributed by atoms with van der Waals surface area (Å²) in [5, 5.41) is 17.9. The normalized spacial score (nSPS) is 13.8. The molecule has 3 N–H and O–H groups in total. The van der Waals surface area contributed by atoms with Gasteiger partial charge in [-0.1, -0.05) is 36.7 Å². The molecule has 1 saturated heterocycles. The highest BCUT2D eigenvalue weighted by Crippen LogP contribution is 2.47. The van der Waals surface area contributed by atoms with Gasteiger partial charge < -0.3 is 30.3 Å². The number of fused-ring (bicyclic) bond motifs is 3. The predicted octanol–water partition coefficient (Wildman–Crippen LogP) is 6.58. The summed E-state index contributed by atoms with van der Waals surface area (Å²) in [5.74, 6) is 0.397. The SMILES string of the molecule is C=CC(=O)Nc1cc(N2CCN(CC)CC2)ccc1Nc1cc2c(cn1)cc(-c1c(Cl)c(O)cc(OC)c1Cl)c1nccn12. The molecule has 12 heteroatoms. The number of imidazole rings is 1. The van der Waals surface area contributed by atoms with Gasteiger partial charge >= 0.3 is 0 Å². The van der Waals surface area contributed by atoms with Crippen molar-refractivity contribution in [2.75, 3.05) is 55.4 Å². The summed E-state index contributed by atoms with van der Waals surface area (Å²) in [5.41, 5.74) is 4.76. The summed E-state index contributed by atoms with van der Waals surface area (Å²) in [6, 6.07) is 11.1. The van der Waals surface area contributed by atoms with Crippen LogP contribution < -0.4 is 20.3 Å². The number of pyridine rings is 2. The van der Waals surface area contributed by atoms with Crippen LogP contribution in [0.4, 0.5) is 22.9 Å². The van der Waals surface area contributed by atoms with Crippen molar-refractivity contribution < 1.29 is 14.6 Å². The summed E-state index contributed by atoms with van der Waals surface area (Å²) in [7, 11) is 1.47. The first-order valence-electron chi connectivity index (χ1n) is 14.1. The zero-order valence-corrected chi connectivity index (χ0v) is 25.8. The fourth-order valence-corrected chi connectivity index (χ4v) is 6.14. The quantitative estimate of drug-likeness (QED) is 0.165. The number of nitrogens with zero attached hydrogens (tertiary/aromatic N) is 5. The molecule has 2 aromatic carbocycles. The number of ether oxygens (including phenoxy) is 1. The lowest BCUT2D eigenvalue weighted by molar-refractivity contribution is -0.111. The number of hydrogen-bond donors (Lipinski definition) is 3. The molecule has 1 aliphatic rings. The van der Waals surface area contributed by atoms with E-state index in [9.17, 15) is 9.90 Å². The second kappa shape index (κ2) is 12.2. The van der Waals surface area contributed by atoms with E-state index in [1.807, 2.05) is 40.9 Å². The van der Waals surface area contributed by atoms with Crippen LogP contribution in [0.5, 0.6) is 11.5 Å². The molecule has 0 spiro atoms. The Morgan fingerprint density at radius 1 is 1.09 bits per heavy atom. The zero-order chi connectivity index (χ0) is 31.0. The second-order valence-corrected chi connectivity index (χ2v) is 11.1. The third-order valence-corrected chi connectivity index (χ3v) is 8.64. The van der Waals surface area contributed by atoms with Crippen molar-refractivity contribution in [1.82, 2.24) is 19.3 Å². The molecule has 44 heavy (non-hydrogen) atoms. The molecule has 1 fully saturated rings. The Morgan fingerprint density at radius 2 is 1.89 bits per heavy atom. The number of phenols is 1. The predicted molar refractivity (Wildman–Crippen MR) is 177 cm³/mol. The maximum atomic E-state index is 12.4. The standard InChI is InChI=1S/C32H31Cl2N7O3/c1-4-28(43)38-23-15-20(40-12-10-39(5-2)11-13-40)6-7-22(23)37-27-16-24-19(18-36-27)14-21(32-35-8-9-41(24)32)29-30(33)25(42)17-26(44-3)31(29)34/h4,6-9,14-18,42H,1,5,10-13H2,2-3H3,(H,36,37)(H,38,43). The number of carbonyl (C=O) groups excluding carboxylic acids is 1. The number of methoxy groups -OCH3 is 1. The highest BCUT2D eigenvalue weighted by atomic mass is 35.5. The van der Waals surface area contributed by atoms with Crippen LogP contribution in [0.2, 0.25) is 10.0 Å². The minimum atomic E-state index is -0.305. The first kappa shape index (κ1) is 29.6. The van der Waals surface area contributed by atoms with Gasteiger partial charge in [-0.2, -0.15) is 0 Å². The lowest BCUT2D eigenvalue weighted by atomic mass is 10.0. The number of rotatable bonds is 8. The molecule has 0 atom stereocenters. The number of aromatic nitrogens is 3. The Morgan fingerprint density at radius 3 is 2.61 bits per heavy atom. The van der Waals surface area contributed by atoms with Gasteiger partial charge in [0.25, 0.3) is 0 Å². The topological polar surface area (TPSA) is 107 Å². The Labute approximate surface area is 264 Å². The minimum absolute atomic E-state index is 0.0936. The van der Waals surface area contributed by atoms with E-state index in [-0.39, 0.29) is 21.7 Å². The largest absolute Gasteiger partial charge is 0.506 e. The molecule has 0 saturated carbocycles. The number of amides is 1. The van der Waals surface area contributed by atoms with E-state index in [1.54, 1.807) is 12.4 Å². The van der Waals surface area contributed by atoms with Crippen LogP contribution in [0, 0.1) is 0 Å². The van der Waals surface area contributed by atoms with Gasteiger partial charge in [0.2, 0.25) is 5.91 Å². The first-order valence-corrected chi connectivity index (χ1v) is 14.9. The maximum Gasteiger partial charge on any atom is 0.247 e. The van der Waals surface area contributed by atoms with Crippen molar-refractivity contribution >= 4 is 68.5 Å². The van der Waals surface area contributed by atoms with E-state index in [0.717, 1.165) is 49.3 Å². The van der Waals surface area contributed by atoms with E-state index in [4.69, 9.17) is 27.9 Å². The van der Waals surface area contributed by atoms with Crippen LogP contribution in [-0.2, 0) is 4.79 Å². The molecule has 6 rings (SSSR count). The summed E-state index contributed by atoms with van der Waals surface area (Å²) < 4.78 is 7.26. The molecule has 3 aromatic heterocycles. The molecule has 5 aromatic rings. The number of benzene rings is 2. The number of anilines is 4. The van der Waals surface area contributed by atoms with E-state index in [1.165, 1.54) is 19.3 Å². The van der Waals surface area contributed by atoms with Gasteiger partial charge in [-0.15, -0.1) is 0 Å². The van der Waals surface area contributed by atoms with Crippen LogP contribution >= 0.6 is 23.2 Å². The zero-order valence-electron chi connectivity index (χ0n) is 24.3. The Kier molecular flexibility index (Phi) is 8.22. The van der Waals surface area contributed by atoms with E-state index in [0.29, 0.717) is 39.7 Å². The monoisotopic (exact) mass is 631 g/mol. The van der Waals surface area contributed by atoms with Gasteiger partial charge in [-0.05, 0) is 36.9 Å². The van der Waals surface area contributed by atoms with Gasteiger partial charge in [0.15, 0.2) is 0 Å². The van der Waals surface area contributed by atoms with Crippen LogP contribution in [0.1, 0.15) is 6.92 Å². The highest BCUT2D eigenvalue weighted by molar-refractivity contribution is 6.41. The van der Waals surface area contributed by atoms with Crippen molar-refractivity contribution in [3.05, 3.63) is 77.7 Å². The Hall–Kier alpha value is -4.51. The number of phenolic OH excluding ortho intramolecular Hbond substituents is 1. The van der Waals surface area contributed by atoms with E-state index < -0.39 is 0 Å². The number of halogens is 2. The molecule has 0 aliphatic carbocycles. The van der Waals surface area contributed by atoms with Crippen molar-refractivity contribution in [3.8, 4) is 22.6 Å². The number of piperazine rings is 1. The van der Waals surface area contributed by atoms with Crippen molar-refractivity contribution in [2.24, 2.45) is 0 Å².